The molecule has 1 rings (SSSR count). The number of aliphatic hydroxyl groups is 2. The normalized spacial score (nSPS) is 15.4. The molecule has 2 N–H and O–H groups in total. The minimum absolute atomic E-state index is 0.234. The Morgan fingerprint density at radius 3 is 2.54 bits per heavy atom. The minimum atomic E-state index is -0.885. The molecule has 0 aliphatic rings. The van der Waals surface area contributed by atoms with E-state index in [1.54, 1.807) is 18.2 Å². The molecule has 2 unspecified atom stereocenters. The summed E-state index contributed by atoms with van der Waals surface area (Å²) in [6.07, 6.45) is -1.72. The van der Waals surface area contributed by atoms with Gasteiger partial charge < -0.3 is 10.2 Å². The molecule has 2 nitrogen and oxygen atoms in total. The highest BCUT2D eigenvalue weighted by atomic mass is 32.1. The topological polar surface area (TPSA) is 40.5 Å². The number of hydrogen-bond donors (Lipinski definition) is 4. The first-order chi connectivity index (χ1) is 6.15. The number of hydrogen-bond acceptors (Lipinski definition) is 4. The fourth-order valence-electron chi connectivity index (χ4n) is 1.03. The first-order valence-electron chi connectivity index (χ1n) is 3.91. The predicted octanol–water partition coefficient (Wildman–Crippen LogP) is 1.30. The highest BCUT2D eigenvalue weighted by Gasteiger charge is 2.16. The van der Waals surface area contributed by atoms with Crippen molar-refractivity contribution in [3.05, 3.63) is 29.8 Å². The molecule has 0 aromatic heterocycles. The Bertz CT molecular complexity index is 278. The van der Waals surface area contributed by atoms with E-state index in [1.165, 1.54) is 0 Å². The van der Waals surface area contributed by atoms with E-state index in [4.69, 9.17) is 0 Å². The van der Waals surface area contributed by atoms with Crippen molar-refractivity contribution in [3.8, 4) is 0 Å². The Kier molecular flexibility index (Phi) is 4.12. The number of thiol groups is 2. The zero-order chi connectivity index (χ0) is 9.84. The first-order valence-corrected chi connectivity index (χ1v) is 4.99. The summed E-state index contributed by atoms with van der Waals surface area (Å²) in [6, 6.07) is 7.07. The van der Waals surface area contributed by atoms with E-state index in [1.807, 2.05) is 6.07 Å². The number of aliphatic hydroxyl groups excluding tert-OH is 2. The average Bonchev–Trinajstić information content (AvgIpc) is 2.15. The van der Waals surface area contributed by atoms with Crippen molar-refractivity contribution in [3.63, 3.8) is 0 Å². The summed E-state index contributed by atoms with van der Waals surface area (Å²) in [6.45, 7) is 0. The van der Waals surface area contributed by atoms with Gasteiger partial charge in [0, 0.05) is 10.6 Å². The lowest BCUT2D eigenvalue weighted by Crippen LogP contribution is -2.19. The van der Waals surface area contributed by atoms with Crippen LogP contribution >= 0.6 is 25.3 Å². The van der Waals surface area contributed by atoms with Gasteiger partial charge in [-0.2, -0.15) is 12.6 Å². The molecule has 0 amide bonds. The number of benzene rings is 1. The Labute approximate surface area is 88.4 Å². The van der Waals surface area contributed by atoms with E-state index in [0.29, 0.717) is 5.56 Å². The quantitative estimate of drug-likeness (QED) is 0.575. The van der Waals surface area contributed by atoms with E-state index in [9.17, 15) is 10.2 Å². The van der Waals surface area contributed by atoms with Crippen LogP contribution in [0.5, 0.6) is 0 Å². The minimum Gasteiger partial charge on any atom is -0.389 e. The number of rotatable bonds is 3. The largest absolute Gasteiger partial charge is 0.389 e. The highest BCUT2D eigenvalue weighted by Crippen LogP contribution is 2.20. The molecule has 4 heteroatoms. The van der Waals surface area contributed by atoms with Crippen LogP contribution in [0.1, 0.15) is 11.7 Å². The summed E-state index contributed by atoms with van der Waals surface area (Å²) in [5.74, 6) is 0.234. The van der Waals surface area contributed by atoms with Gasteiger partial charge in [0.15, 0.2) is 0 Å². The molecule has 0 aliphatic heterocycles. The van der Waals surface area contributed by atoms with Gasteiger partial charge in [-0.05, 0) is 17.7 Å². The first kappa shape index (κ1) is 10.9. The highest BCUT2D eigenvalue weighted by molar-refractivity contribution is 7.80. The summed E-state index contributed by atoms with van der Waals surface area (Å²) in [5, 5.41) is 18.9. The molecule has 0 spiro atoms. The second-order valence-corrected chi connectivity index (χ2v) is 3.67. The smallest absolute Gasteiger partial charge is 0.106 e. The molecule has 0 aliphatic carbocycles. The van der Waals surface area contributed by atoms with Crippen molar-refractivity contribution in [1.29, 1.82) is 0 Å². The van der Waals surface area contributed by atoms with E-state index < -0.39 is 12.2 Å². The van der Waals surface area contributed by atoms with Gasteiger partial charge >= 0.3 is 0 Å². The maximum atomic E-state index is 9.58. The second kappa shape index (κ2) is 4.91. The Hall–Kier alpha value is -0.160. The van der Waals surface area contributed by atoms with Crippen molar-refractivity contribution in [1.82, 2.24) is 0 Å². The summed E-state index contributed by atoms with van der Waals surface area (Å²) < 4.78 is 0. The third-order valence-electron chi connectivity index (χ3n) is 1.76. The van der Waals surface area contributed by atoms with Crippen molar-refractivity contribution in [2.24, 2.45) is 0 Å². The summed E-state index contributed by atoms with van der Waals surface area (Å²) in [5.41, 5.74) is 0.661. The van der Waals surface area contributed by atoms with Crippen molar-refractivity contribution in [2.75, 3.05) is 5.75 Å². The summed E-state index contributed by atoms with van der Waals surface area (Å²) in [4.78, 5) is 0.767. The third kappa shape index (κ3) is 2.91. The van der Waals surface area contributed by atoms with Crippen LogP contribution in [-0.2, 0) is 0 Å². The summed E-state index contributed by atoms with van der Waals surface area (Å²) >= 11 is 8.04. The van der Waals surface area contributed by atoms with Gasteiger partial charge in [0.05, 0.1) is 6.10 Å². The average molecular weight is 216 g/mol. The lowest BCUT2D eigenvalue weighted by Gasteiger charge is -2.16. The molecular formula is C9H12O2S2. The molecule has 0 heterocycles. The molecule has 0 radical (unpaired) electrons. The van der Waals surface area contributed by atoms with Gasteiger partial charge in [-0.15, -0.1) is 12.6 Å². The van der Waals surface area contributed by atoms with Gasteiger partial charge in [-0.1, -0.05) is 12.1 Å². The van der Waals surface area contributed by atoms with Crippen LogP contribution in [0.25, 0.3) is 0 Å². The fourth-order valence-corrected chi connectivity index (χ4v) is 1.47. The molecule has 0 saturated heterocycles. The van der Waals surface area contributed by atoms with E-state index in [2.05, 4.69) is 25.3 Å². The monoisotopic (exact) mass is 216 g/mol. The summed E-state index contributed by atoms with van der Waals surface area (Å²) in [7, 11) is 0. The Morgan fingerprint density at radius 2 is 2.00 bits per heavy atom. The van der Waals surface area contributed by atoms with Crippen molar-refractivity contribution in [2.45, 2.75) is 17.1 Å². The molecule has 1 aromatic rings. The van der Waals surface area contributed by atoms with Crippen LogP contribution < -0.4 is 0 Å². The van der Waals surface area contributed by atoms with Gasteiger partial charge in [-0.25, -0.2) is 0 Å². The Balaban J connectivity index is 2.82. The molecule has 0 saturated carbocycles. The molecule has 0 fully saturated rings. The SMILES string of the molecule is OC(CS)C(O)c1cccc(S)c1. The van der Waals surface area contributed by atoms with E-state index in [-0.39, 0.29) is 5.75 Å². The van der Waals surface area contributed by atoms with Gasteiger partial charge in [0.2, 0.25) is 0 Å². The fraction of sp³-hybridized carbons (Fsp3) is 0.333. The van der Waals surface area contributed by atoms with Crippen LogP contribution in [-0.4, -0.2) is 22.1 Å². The van der Waals surface area contributed by atoms with Crippen LogP contribution in [0, 0.1) is 0 Å². The van der Waals surface area contributed by atoms with Crippen LogP contribution in [0.15, 0.2) is 29.2 Å². The van der Waals surface area contributed by atoms with Crippen LogP contribution in [0.3, 0.4) is 0 Å². The standard InChI is InChI=1S/C9H12O2S2/c10-8(5-12)9(11)6-2-1-3-7(13)4-6/h1-4,8-13H,5H2. The molecular weight excluding hydrogens is 204 g/mol. The molecule has 13 heavy (non-hydrogen) atoms. The van der Waals surface area contributed by atoms with Gasteiger partial charge in [-0.3, -0.25) is 0 Å². The zero-order valence-corrected chi connectivity index (χ0v) is 8.75. The molecule has 1 aromatic carbocycles. The van der Waals surface area contributed by atoms with Gasteiger partial charge in [0.25, 0.3) is 0 Å². The predicted molar refractivity (Wildman–Crippen MR) is 58.5 cm³/mol. The second-order valence-electron chi connectivity index (χ2n) is 2.79. The van der Waals surface area contributed by atoms with Crippen LogP contribution in [0.2, 0.25) is 0 Å². The van der Waals surface area contributed by atoms with Crippen LogP contribution in [0.4, 0.5) is 0 Å². The lowest BCUT2D eigenvalue weighted by molar-refractivity contribution is 0.0336. The third-order valence-corrected chi connectivity index (χ3v) is 2.42. The lowest BCUT2D eigenvalue weighted by atomic mass is 10.1. The van der Waals surface area contributed by atoms with E-state index >= 15 is 0 Å². The molecule has 2 atom stereocenters. The van der Waals surface area contributed by atoms with E-state index in [0.717, 1.165) is 4.90 Å². The maximum absolute atomic E-state index is 9.58. The zero-order valence-electron chi connectivity index (χ0n) is 6.96. The Morgan fingerprint density at radius 1 is 1.31 bits per heavy atom. The van der Waals surface area contributed by atoms with Crippen molar-refractivity contribution >= 4 is 25.3 Å². The van der Waals surface area contributed by atoms with Crippen molar-refractivity contribution < 1.29 is 10.2 Å². The molecule has 0 bridgehead atoms. The molecule has 72 valence electrons. The van der Waals surface area contributed by atoms with Gasteiger partial charge in [0.1, 0.15) is 6.10 Å². The maximum Gasteiger partial charge on any atom is 0.106 e.